The van der Waals surface area contributed by atoms with Crippen LogP contribution in [0, 0.1) is 0 Å². The molecule has 3 nitrogen and oxygen atoms in total. The number of likely N-dealkylation sites (N-methyl/N-ethyl adjacent to an activating group) is 1. The molecule has 1 rings (SSSR count). The van der Waals surface area contributed by atoms with Crippen molar-refractivity contribution < 1.29 is 4.79 Å². The molecule has 0 spiro atoms. The average Bonchev–Trinajstić information content (AvgIpc) is 2.75. The summed E-state index contributed by atoms with van der Waals surface area (Å²) in [6, 6.07) is 3.95. The van der Waals surface area contributed by atoms with Crippen LogP contribution in [-0.2, 0) is 6.42 Å². The zero-order chi connectivity index (χ0) is 12.0. The van der Waals surface area contributed by atoms with Crippen molar-refractivity contribution in [3.63, 3.8) is 0 Å². The van der Waals surface area contributed by atoms with Crippen LogP contribution in [0.1, 0.15) is 4.88 Å². The molecule has 1 aromatic rings. The molecule has 0 radical (unpaired) electrons. The third kappa shape index (κ3) is 4.68. The summed E-state index contributed by atoms with van der Waals surface area (Å²) in [6.07, 6.45) is 0.878. The number of hydrogen-bond donors (Lipinski definition) is 1. The fraction of sp³-hybridized carbons (Fsp3) is 0.364. The van der Waals surface area contributed by atoms with Crippen molar-refractivity contribution in [3.8, 4) is 0 Å². The van der Waals surface area contributed by atoms with Crippen LogP contribution >= 0.6 is 22.9 Å². The van der Waals surface area contributed by atoms with Gasteiger partial charge in [0.05, 0.1) is 6.54 Å². The van der Waals surface area contributed by atoms with E-state index < -0.39 is 0 Å². The molecule has 1 N–H and O–H groups in total. The van der Waals surface area contributed by atoms with Crippen molar-refractivity contribution in [2.45, 2.75) is 6.42 Å². The molecule has 2 amide bonds. The molecule has 0 unspecified atom stereocenters. The second-order valence-corrected chi connectivity index (χ2v) is 4.99. The number of halogens is 1. The van der Waals surface area contributed by atoms with Gasteiger partial charge in [-0.1, -0.05) is 24.2 Å². The Bertz CT molecular complexity index is 351. The zero-order valence-corrected chi connectivity index (χ0v) is 10.8. The Hall–Kier alpha value is -1.000. The molecule has 0 saturated heterocycles. The van der Waals surface area contributed by atoms with E-state index in [1.807, 2.05) is 11.4 Å². The summed E-state index contributed by atoms with van der Waals surface area (Å²) in [4.78, 5) is 14.4. The summed E-state index contributed by atoms with van der Waals surface area (Å²) < 4.78 is 0. The fourth-order valence-electron chi connectivity index (χ4n) is 1.14. The maximum atomic E-state index is 11.5. The number of nitrogens with zero attached hydrogens (tertiary/aromatic N) is 1. The molecule has 5 heteroatoms. The fourth-order valence-corrected chi connectivity index (χ4v) is 1.91. The highest BCUT2D eigenvalue weighted by Crippen LogP contribution is 2.09. The highest BCUT2D eigenvalue weighted by Gasteiger charge is 2.07. The standard InChI is InChI=1S/C11H15ClN2OS/c1-9(12)8-13-11(15)14(2)6-5-10-4-3-7-16-10/h3-4,7H,1,5-6,8H2,2H3,(H,13,15). The van der Waals surface area contributed by atoms with Crippen molar-refractivity contribution in [1.29, 1.82) is 0 Å². The molecule has 1 heterocycles. The summed E-state index contributed by atoms with van der Waals surface area (Å²) >= 11 is 7.26. The first-order chi connectivity index (χ1) is 7.59. The monoisotopic (exact) mass is 258 g/mol. The van der Waals surface area contributed by atoms with Crippen LogP contribution in [-0.4, -0.2) is 31.1 Å². The molecule has 16 heavy (non-hydrogen) atoms. The average molecular weight is 259 g/mol. The Labute approximate surface area is 105 Å². The van der Waals surface area contributed by atoms with Gasteiger partial charge in [0.15, 0.2) is 0 Å². The van der Waals surface area contributed by atoms with Crippen LogP contribution in [0.2, 0.25) is 0 Å². The second kappa shape index (κ2) is 6.55. The van der Waals surface area contributed by atoms with Crippen LogP contribution in [0.5, 0.6) is 0 Å². The molecule has 0 aliphatic carbocycles. The van der Waals surface area contributed by atoms with E-state index in [4.69, 9.17) is 11.6 Å². The Kier molecular flexibility index (Phi) is 5.35. The smallest absolute Gasteiger partial charge is 0.317 e. The number of nitrogens with one attached hydrogen (secondary N) is 1. The topological polar surface area (TPSA) is 32.3 Å². The summed E-state index contributed by atoms with van der Waals surface area (Å²) in [5.74, 6) is 0. The number of amides is 2. The van der Waals surface area contributed by atoms with Gasteiger partial charge in [-0.3, -0.25) is 0 Å². The molecular weight excluding hydrogens is 244 g/mol. The van der Waals surface area contributed by atoms with Gasteiger partial charge in [-0.15, -0.1) is 11.3 Å². The molecule has 0 aliphatic rings. The molecule has 0 aliphatic heterocycles. The molecule has 88 valence electrons. The first-order valence-electron chi connectivity index (χ1n) is 4.94. The zero-order valence-electron chi connectivity index (χ0n) is 9.20. The second-order valence-electron chi connectivity index (χ2n) is 3.43. The van der Waals surface area contributed by atoms with Crippen molar-refractivity contribution >= 4 is 29.0 Å². The highest BCUT2D eigenvalue weighted by molar-refractivity contribution is 7.09. The number of hydrogen-bond acceptors (Lipinski definition) is 2. The number of thiophene rings is 1. The molecule has 0 atom stereocenters. The van der Waals surface area contributed by atoms with E-state index in [1.165, 1.54) is 4.88 Å². The van der Waals surface area contributed by atoms with Gasteiger partial charge in [-0.25, -0.2) is 4.79 Å². The Balaban J connectivity index is 2.26. The maximum absolute atomic E-state index is 11.5. The minimum atomic E-state index is -0.127. The van der Waals surface area contributed by atoms with Crippen LogP contribution in [0.4, 0.5) is 4.79 Å². The quantitative estimate of drug-likeness (QED) is 0.865. The molecule has 0 fully saturated rings. The predicted octanol–water partition coefficient (Wildman–Crippen LogP) is 2.68. The van der Waals surface area contributed by atoms with Crippen molar-refractivity contribution in [2.24, 2.45) is 0 Å². The van der Waals surface area contributed by atoms with Crippen LogP contribution in [0.15, 0.2) is 29.1 Å². The van der Waals surface area contributed by atoms with Gasteiger partial charge < -0.3 is 10.2 Å². The lowest BCUT2D eigenvalue weighted by atomic mass is 10.3. The van der Waals surface area contributed by atoms with Gasteiger partial charge in [0.1, 0.15) is 0 Å². The molecule has 0 aromatic carbocycles. The highest BCUT2D eigenvalue weighted by atomic mass is 35.5. The van der Waals surface area contributed by atoms with Gasteiger partial charge in [0, 0.05) is 23.5 Å². The summed E-state index contributed by atoms with van der Waals surface area (Å²) in [5.41, 5.74) is 0. The normalized spacial score (nSPS) is 9.88. The van der Waals surface area contributed by atoms with E-state index in [0.29, 0.717) is 18.1 Å². The minimum absolute atomic E-state index is 0.127. The molecule has 0 bridgehead atoms. The summed E-state index contributed by atoms with van der Waals surface area (Å²) in [5, 5.41) is 5.14. The number of rotatable bonds is 5. The van der Waals surface area contributed by atoms with Crippen molar-refractivity contribution in [1.82, 2.24) is 10.2 Å². The lowest BCUT2D eigenvalue weighted by Gasteiger charge is -2.17. The number of carbonyl (C=O) groups is 1. The van der Waals surface area contributed by atoms with Crippen molar-refractivity contribution in [3.05, 3.63) is 34.0 Å². The van der Waals surface area contributed by atoms with E-state index >= 15 is 0 Å². The van der Waals surface area contributed by atoms with E-state index in [-0.39, 0.29) is 6.03 Å². The molecule has 0 saturated carbocycles. The third-order valence-electron chi connectivity index (χ3n) is 2.05. The molecular formula is C11H15ClN2OS. The Morgan fingerprint density at radius 3 is 3.00 bits per heavy atom. The SMILES string of the molecule is C=C(Cl)CNC(=O)N(C)CCc1cccs1. The summed E-state index contributed by atoms with van der Waals surface area (Å²) in [6.45, 7) is 4.51. The van der Waals surface area contributed by atoms with Crippen LogP contribution in [0.25, 0.3) is 0 Å². The van der Waals surface area contributed by atoms with Gasteiger partial charge in [0.2, 0.25) is 0 Å². The first kappa shape index (κ1) is 13.1. The lowest BCUT2D eigenvalue weighted by molar-refractivity contribution is 0.210. The van der Waals surface area contributed by atoms with Gasteiger partial charge in [-0.05, 0) is 17.9 Å². The van der Waals surface area contributed by atoms with Gasteiger partial charge in [-0.2, -0.15) is 0 Å². The number of urea groups is 1. The van der Waals surface area contributed by atoms with Gasteiger partial charge >= 0.3 is 6.03 Å². The van der Waals surface area contributed by atoms with E-state index in [0.717, 1.165) is 6.42 Å². The number of carbonyl (C=O) groups excluding carboxylic acids is 1. The van der Waals surface area contributed by atoms with E-state index in [1.54, 1.807) is 23.3 Å². The Morgan fingerprint density at radius 1 is 1.69 bits per heavy atom. The van der Waals surface area contributed by atoms with E-state index in [9.17, 15) is 4.79 Å². The van der Waals surface area contributed by atoms with Crippen LogP contribution in [0.3, 0.4) is 0 Å². The largest absolute Gasteiger partial charge is 0.333 e. The third-order valence-corrected chi connectivity index (χ3v) is 3.12. The maximum Gasteiger partial charge on any atom is 0.317 e. The predicted molar refractivity (Wildman–Crippen MR) is 69.0 cm³/mol. The summed E-state index contributed by atoms with van der Waals surface area (Å²) in [7, 11) is 1.76. The molecule has 1 aromatic heterocycles. The van der Waals surface area contributed by atoms with Gasteiger partial charge in [0.25, 0.3) is 0 Å². The Morgan fingerprint density at radius 2 is 2.44 bits per heavy atom. The minimum Gasteiger partial charge on any atom is -0.333 e. The van der Waals surface area contributed by atoms with E-state index in [2.05, 4.69) is 18.0 Å². The van der Waals surface area contributed by atoms with Crippen LogP contribution < -0.4 is 5.32 Å². The lowest BCUT2D eigenvalue weighted by Crippen LogP contribution is -2.38. The first-order valence-corrected chi connectivity index (χ1v) is 6.20. The van der Waals surface area contributed by atoms with Crippen molar-refractivity contribution in [2.75, 3.05) is 20.1 Å².